The van der Waals surface area contributed by atoms with Crippen molar-refractivity contribution in [2.24, 2.45) is 7.05 Å². The summed E-state index contributed by atoms with van der Waals surface area (Å²) in [5.74, 6) is 0. The summed E-state index contributed by atoms with van der Waals surface area (Å²) >= 11 is 0. The van der Waals surface area contributed by atoms with Crippen molar-refractivity contribution in [3.63, 3.8) is 0 Å². The number of carboxylic acid groups (broad SMARTS) is 1. The molecule has 0 fully saturated rings. The lowest BCUT2D eigenvalue weighted by molar-refractivity contribution is 0.154. The van der Waals surface area contributed by atoms with Crippen LogP contribution in [0.25, 0.3) is 11.3 Å². The molecule has 0 aliphatic heterocycles. The Kier molecular flexibility index (Phi) is 5.10. The standard InChI is InChI=1S/C19H19N3O5S/c1-20-10-6-9-16(18(20)23)17-11-14(12-21(2)19(24)25)13-22(17)28(26,27)15-7-4-3-5-8-15/h3-11,13H,12H2,1-2H3,(H,24,25). The molecule has 1 N–H and O–H groups in total. The van der Waals surface area contributed by atoms with E-state index < -0.39 is 16.1 Å². The van der Waals surface area contributed by atoms with Gasteiger partial charge in [0.15, 0.2) is 0 Å². The van der Waals surface area contributed by atoms with Crippen molar-refractivity contribution < 1.29 is 18.3 Å². The number of nitrogens with zero attached hydrogens (tertiary/aromatic N) is 3. The molecule has 0 bridgehead atoms. The maximum atomic E-state index is 13.2. The van der Waals surface area contributed by atoms with E-state index in [-0.39, 0.29) is 28.3 Å². The fourth-order valence-electron chi connectivity index (χ4n) is 2.82. The van der Waals surface area contributed by atoms with Crippen LogP contribution < -0.4 is 5.56 Å². The van der Waals surface area contributed by atoms with Gasteiger partial charge in [0.25, 0.3) is 15.6 Å². The topological polar surface area (TPSA) is 102 Å². The van der Waals surface area contributed by atoms with Crippen LogP contribution in [0.2, 0.25) is 0 Å². The number of aromatic nitrogens is 2. The van der Waals surface area contributed by atoms with Gasteiger partial charge in [0, 0.05) is 26.5 Å². The van der Waals surface area contributed by atoms with Crippen LogP contribution in [0.5, 0.6) is 0 Å². The molecular weight excluding hydrogens is 382 g/mol. The lowest BCUT2D eigenvalue weighted by atomic mass is 10.2. The first kappa shape index (κ1) is 19.4. The van der Waals surface area contributed by atoms with Crippen molar-refractivity contribution in [1.29, 1.82) is 0 Å². The maximum absolute atomic E-state index is 13.2. The van der Waals surface area contributed by atoms with Gasteiger partial charge in [0.1, 0.15) is 0 Å². The number of carbonyl (C=O) groups is 1. The van der Waals surface area contributed by atoms with Crippen LogP contribution in [0, 0.1) is 0 Å². The van der Waals surface area contributed by atoms with E-state index in [0.717, 1.165) is 8.87 Å². The van der Waals surface area contributed by atoms with Crippen LogP contribution in [0.3, 0.4) is 0 Å². The third kappa shape index (κ3) is 3.56. The Morgan fingerprint density at radius 2 is 1.82 bits per heavy atom. The van der Waals surface area contributed by atoms with E-state index in [1.807, 2.05) is 0 Å². The molecule has 0 saturated carbocycles. The Labute approximate surface area is 161 Å². The van der Waals surface area contributed by atoms with Crippen molar-refractivity contribution in [2.75, 3.05) is 7.05 Å². The minimum Gasteiger partial charge on any atom is -0.465 e. The van der Waals surface area contributed by atoms with Gasteiger partial charge in [-0.1, -0.05) is 18.2 Å². The molecule has 28 heavy (non-hydrogen) atoms. The van der Waals surface area contributed by atoms with Crippen molar-refractivity contribution in [3.8, 4) is 11.3 Å². The Bertz CT molecular complexity index is 1180. The second-order valence-corrected chi connectivity index (χ2v) is 8.14. The number of amides is 1. The minimum absolute atomic E-state index is 0.0210. The third-order valence-corrected chi connectivity index (χ3v) is 5.98. The zero-order valence-electron chi connectivity index (χ0n) is 15.3. The predicted molar refractivity (Wildman–Crippen MR) is 104 cm³/mol. The van der Waals surface area contributed by atoms with Gasteiger partial charge in [0.2, 0.25) is 0 Å². The molecule has 8 nitrogen and oxygen atoms in total. The predicted octanol–water partition coefficient (Wildman–Crippen LogP) is 2.20. The normalized spacial score (nSPS) is 11.4. The van der Waals surface area contributed by atoms with Gasteiger partial charge in [-0.15, -0.1) is 0 Å². The number of hydrogen-bond donors (Lipinski definition) is 1. The van der Waals surface area contributed by atoms with Crippen molar-refractivity contribution >= 4 is 16.1 Å². The van der Waals surface area contributed by atoms with Gasteiger partial charge in [0.05, 0.1) is 22.7 Å². The van der Waals surface area contributed by atoms with Crippen molar-refractivity contribution in [2.45, 2.75) is 11.4 Å². The van der Waals surface area contributed by atoms with E-state index in [1.54, 1.807) is 43.6 Å². The second kappa shape index (κ2) is 7.35. The summed E-state index contributed by atoms with van der Waals surface area (Å²) in [7, 11) is -1.03. The number of hydrogen-bond acceptors (Lipinski definition) is 4. The number of aryl methyl sites for hydroxylation is 1. The molecule has 9 heteroatoms. The summed E-state index contributed by atoms with van der Waals surface area (Å²) in [5.41, 5.74) is 0.473. The second-order valence-electron chi connectivity index (χ2n) is 6.32. The largest absolute Gasteiger partial charge is 0.465 e. The van der Waals surface area contributed by atoms with E-state index >= 15 is 0 Å². The molecule has 0 spiro atoms. The zero-order chi connectivity index (χ0) is 20.5. The van der Waals surface area contributed by atoms with Gasteiger partial charge in [-0.05, 0) is 35.9 Å². The Morgan fingerprint density at radius 3 is 2.46 bits per heavy atom. The van der Waals surface area contributed by atoms with Crippen LogP contribution >= 0.6 is 0 Å². The number of rotatable bonds is 5. The first-order valence-corrected chi connectivity index (χ1v) is 9.78. The molecule has 146 valence electrons. The molecule has 2 aromatic heterocycles. The average molecular weight is 401 g/mol. The molecule has 2 heterocycles. The van der Waals surface area contributed by atoms with Crippen LogP contribution in [0.4, 0.5) is 4.79 Å². The molecular formula is C19H19N3O5S. The van der Waals surface area contributed by atoms with Crippen molar-refractivity contribution in [3.05, 3.63) is 76.8 Å². The first-order valence-electron chi connectivity index (χ1n) is 8.34. The minimum atomic E-state index is -3.98. The van der Waals surface area contributed by atoms with E-state index in [0.29, 0.717) is 5.56 Å². The summed E-state index contributed by atoms with van der Waals surface area (Å²) in [6.45, 7) is -0.0210. The zero-order valence-corrected chi connectivity index (χ0v) is 16.1. The molecule has 0 radical (unpaired) electrons. The summed E-state index contributed by atoms with van der Waals surface area (Å²) in [4.78, 5) is 24.8. The van der Waals surface area contributed by atoms with Gasteiger partial charge >= 0.3 is 6.09 Å². The Hall–Kier alpha value is -3.33. The lowest BCUT2D eigenvalue weighted by Gasteiger charge is -2.11. The SMILES string of the molecule is CN(Cc1cc(-c2cccn(C)c2=O)n(S(=O)(=O)c2ccccc2)c1)C(=O)O. The van der Waals surface area contributed by atoms with Crippen molar-refractivity contribution in [1.82, 2.24) is 13.4 Å². The van der Waals surface area contributed by atoms with E-state index in [1.165, 1.54) is 36.0 Å². The van der Waals surface area contributed by atoms with E-state index in [9.17, 15) is 18.0 Å². The summed E-state index contributed by atoms with van der Waals surface area (Å²) < 4.78 is 28.7. The van der Waals surface area contributed by atoms with Gasteiger partial charge in [-0.2, -0.15) is 0 Å². The number of benzene rings is 1. The van der Waals surface area contributed by atoms with E-state index in [4.69, 9.17) is 5.11 Å². The smallest absolute Gasteiger partial charge is 0.407 e. The fraction of sp³-hybridized carbons (Fsp3) is 0.158. The van der Waals surface area contributed by atoms with Crippen LogP contribution in [0.15, 0.2) is 70.6 Å². The van der Waals surface area contributed by atoms with Gasteiger partial charge in [-0.25, -0.2) is 17.2 Å². The summed E-state index contributed by atoms with van der Waals surface area (Å²) in [5, 5.41) is 9.10. The van der Waals surface area contributed by atoms with E-state index in [2.05, 4.69) is 0 Å². The highest BCUT2D eigenvalue weighted by Crippen LogP contribution is 2.26. The fourth-order valence-corrected chi connectivity index (χ4v) is 4.23. The quantitative estimate of drug-likeness (QED) is 0.706. The average Bonchev–Trinajstić information content (AvgIpc) is 3.09. The van der Waals surface area contributed by atoms with Crippen LogP contribution in [-0.4, -0.2) is 40.1 Å². The Morgan fingerprint density at radius 1 is 1.14 bits per heavy atom. The lowest BCUT2D eigenvalue weighted by Crippen LogP contribution is -2.23. The summed E-state index contributed by atoms with van der Waals surface area (Å²) in [6, 6.07) is 12.6. The maximum Gasteiger partial charge on any atom is 0.407 e. The molecule has 0 unspecified atom stereocenters. The third-order valence-electron chi connectivity index (χ3n) is 4.29. The summed E-state index contributed by atoms with van der Waals surface area (Å²) in [6.07, 6.45) is 1.78. The molecule has 0 saturated heterocycles. The highest BCUT2D eigenvalue weighted by atomic mass is 32.2. The highest BCUT2D eigenvalue weighted by Gasteiger charge is 2.23. The number of pyridine rings is 1. The molecule has 0 aliphatic rings. The monoisotopic (exact) mass is 401 g/mol. The Balaban J connectivity index is 2.23. The molecule has 0 aliphatic carbocycles. The van der Waals surface area contributed by atoms with Crippen LogP contribution in [-0.2, 0) is 23.6 Å². The highest BCUT2D eigenvalue weighted by molar-refractivity contribution is 7.90. The van der Waals surface area contributed by atoms with Crippen LogP contribution in [0.1, 0.15) is 5.56 Å². The molecule has 3 aromatic rings. The van der Waals surface area contributed by atoms with Gasteiger partial charge < -0.3 is 14.6 Å². The molecule has 1 aromatic carbocycles. The first-order chi connectivity index (χ1) is 13.2. The van der Waals surface area contributed by atoms with Gasteiger partial charge in [-0.3, -0.25) is 4.79 Å². The molecule has 3 rings (SSSR count). The molecule has 1 amide bonds. The molecule has 0 atom stereocenters.